The molecule has 2 amide bonds. The molecule has 1 heterocycles. The fourth-order valence-corrected chi connectivity index (χ4v) is 2.24. The Morgan fingerprint density at radius 1 is 1.32 bits per heavy atom. The Hall–Kier alpha value is -3.03. The number of furan rings is 1. The number of rotatable bonds is 7. The highest BCUT2D eigenvalue weighted by molar-refractivity contribution is 5.89. The standard InChI is InChI=1S/C17H20N2O6/c1-3-18-17(23)10(2)19-15(21)9-25-16(22)6-11-8-24-14-7-12(20)4-5-13(11)14/h4-5,7-8,10,20H,3,6,9H2,1-2H3,(H,18,23)(H,19,21)/t10-/m1/s1. The molecule has 1 aromatic carbocycles. The van der Waals surface area contributed by atoms with Crippen molar-refractivity contribution in [2.75, 3.05) is 13.2 Å². The number of hydrogen-bond donors (Lipinski definition) is 3. The number of carbonyl (C=O) groups is 3. The highest BCUT2D eigenvalue weighted by atomic mass is 16.5. The van der Waals surface area contributed by atoms with Crippen LogP contribution in [-0.4, -0.2) is 42.1 Å². The van der Waals surface area contributed by atoms with Gasteiger partial charge in [-0.25, -0.2) is 0 Å². The van der Waals surface area contributed by atoms with Crippen molar-refractivity contribution in [2.24, 2.45) is 0 Å². The van der Waals surface area contributed by atoms with Crippen LogP contribution in [0.5, 0.6) is 5.75 Å². The smallest absolute Gasteiger partial charge is 0.310 e. The van der Waals surface area contributed by atoms with Crippen molar-refractivity contribution >= 4 is 28.8 Å². The lowest BCUT2D eigenvalue weighted by atomic mass is 10.1. The van der Waals surface area contributed by atoms with Gasteiger partial charge in [0.2, 0.25) is 5.91 Å². The van der Waals surface area contributed by atoms with Crippen molar-refractivity contribution in [3.63, 3.8) is 0 Å². The van der Waals surface area contributed by atoms with Crippen LogP contribution in [0.15, 0.2) is 28.9 Å². The van der Waals surface area contributed by atoms with Crippen LogP contribution in [0.2, 0.25) is 0 Å². The predicted octanol–water partition coefficient (Wildman–Crippen LogP) is 0.865. The Balaban J connectivity index is 1.83. The van der Waals surface area contributed by atoms with Gasteiger partial charge in [-0.1, -0.05) is 0 Å². The molecule has 0 unspecified atom stereocenters. The predicted molar refractivity (Wildman–Crippen MR) is 88.8 cm³/mol. The van der Waals surface area contributed by atoms with Crippen molar-refractivity contribution in [1.82, 2.24) is 10.6 Å². The van der Waals surface area contributed by atoms with Crippen molar-refractivity contribution in [3.8, 4) is 5.75 Å². The third-order valence-corrected chi connectivity index (χ3v) is 3.46. The topological polar surface area (TPSA) is 118 Å². The summed E-state index contributed by atoms with van der Waals surface area (Å²) in [6, 6.07) is 3.86. The van der Waals surface area contributed by atoms with E-state index in [1.165, 1.54) is 25.3 Å². The minimum absolute atomic E-state index is 0.0638. The molecule has 2 rings (SSSR count). The fourth-order valence-electron chi connectivity index (χ4n) is 2.24. The lowest BCUT2D eigenvalue weighted by Gasteiger charge is -2.13. The molecule has 0 saturated heterocycles. The zero-order valence-electron chi connectivity index (χ0n) is 14.0. The number of ether oxygens (including phenoxy) is 1. The van der Waals surface area contributed by atoms with Gasteiger partial charge in [-0.15, -0.1) is 0 Å². The molecule has 25 heavy (non-hydrogen) atoms. The van der Waals surface area contributed by atoms with Gasteiger partial charge in [0.05, 0.1) is 12.7 Å². The molecule has 0 radical (unpaired) electrons. The monoisotopic (exact) mass is 348 g/mol. The average Bonchev–Trinajstić information content (AvgIpc) is 2.95. The summed E-state index contributed by atoms with van der Waals surface area (Å²) in [6.07, 6.45) is 1.33. The number of amides is 2. The maximum absolute atomic E-state index is 11.9. The van der Waals surface area contributed by atoms with Crippen LogP contribution in [0.25, 0.3) is 11.0 Å². The Labute approximate surface area is 144 Å². The number of fused-ring (bicyclic) bond motifs is 1. The summed E-state index contributed by atoms with van der Waals surface area (Å²) in [4.78, 5) is 35.1. The summed E-state index contributed by atoms with van der Waals surface area (Å²) in [6.45, 7) is 3.30. The van der Waals surface area contributed by atoms with Gasteiger partial charge in [-0.2, -0.15) is 0 Å². The number of esters is 1. The summed E-state index contributed by atoms with van der Waals surface area (Å²) >= 11 is 0. The molecule has 2 aromatic rings. The molecule has 0 bridgehead atoms. The Kier molecular flexibility index (Phi) is 5.99. The third-order valence-electron chi connectivity index (χ3n) is 3.46. The Bertz CT molecular complexity index is 783. The Morgan fingerprint density at radius 2 is 2.08 bits per heavy atom. The molecular weight excluding hydrogens is 328 g/mol. The molecule has 0 saturated carbocycles. The highest BCUT2D eigenvalue weighted by Gasteiger charge is 2.17. The molecule has 0 aliphatic heterocycles. The quantitative estimate of drug-likeness (QED) is 0.639. The zero-order valence-corrected chi connectivity index (χ0v) is 14.0. The van der Waals surface area contributed by atoms with E-state index in [4.69, 9.17) is 9.15 Å². The minimum atomic E-state index is -0.711. The SMILES string of the molecule is CCNC(=O)[C@@H](C)NC(=O)COC(=O)Cc1coc2cc(O)ccc12. The molecule has 0 aliphatic carbocycles. The molecular formula is C17H20N2O6. The highest BCUT2D eigenvalue weighted by Crippen LogP contribution is 2.25. The van der Waals surface area contributed by atoms with Gasteiger partial charge in [0.15, 0.2) is 6.61 Å². The normalized spacial score (nSPS) is 11.8. The van der Waals surface area contributed by atoms with E-state index in [1.807, 2.05) is 0 Å². The number of carbonyl (C=O) groups excluding carboxylic acids is 3. The second kappa shape index (κ2) is 8.18. The minimum Gasteiger partial charge on any atom is -0.508 e. The number of benzene rings is 1. The van der Waals surface area contributed by atoms with Crippen molar-refractivity contribution in [3.05, 3.63) is 30.0 Å². The van der Waals surface area contributed by atoms with E-state index >= 15 is 0 Å². The molecule has 0 fully saturated rings. The fraction of sp³-hybridized carbons (Fsp3) is 0.353. The van der Waals surface area contributed by atoms with E-state index in [0.717, 1.165) is 0 Å². The van der Waals surface area contributed by atoms with Gasteiger partial charge in [0.1, 0.15) is 17.4 Å². The second-order valence-corrected chi connectivity index (χ2v) is 5.46. The number of aromatic hydroxyl groups is 1. The molecule has 134 valence electrons. The zero-order chi connectivity index (χ0) is 18.4. The van der Waals surface area contributed by atoms with Crippen LogP contribution in [-0.2, 0) is 25.5 Å². The molecule has 8 heteroatoms. The number of phenolic OH excluding ortho intramolecular Hbond substituents is 1. The average molecular weight is 348 g/mol. The van der Waals surface area contributed by atoms with Crippen LogP contribution in [0.4, 0.5) is 0 Å². The van der Waals surface area contributed by atoms with Gasteiger partial charge in [-0.05, 0) is 26.0 Å². The first-order chi connectivity index (χ1) is 11.9. The summed E-state index contributed by atoms with van der Waals surface area (Å²) in [5, 5.41) is 15.1. The molecule has 8 nitrogen and oxygen atoms in total. The lowest BCUT2D eigenvalue weighted by Crippen LogP contribution is -2.46. The van der Waals surface area contributed by atoms with Gasteiger partial charge >= 0.3 is 5.97 Å². The first kappa shape index (κ1) is 18.3. The van der Waals surface area contributed by atoms with E-state index < -0.39 is 24.5 Å². The molecule has 0 spiro atoms. The third kappa shape index (κ3) is 4.97. The van der Waals surface area contributed by atoms with Gasteiger partial charge in [0.25, 0.3) is 5.91 Å². The Morgan fingerprint density at radius 3 is 2.80 bits per heavy atom. The van der Waals surface area contributed by atoms with E-state index in [-0.39, 0.29) is 18.1 Å². The maximum atomic E-state index is 11.9. The van der Waals surface area contributed by atoms with E-state index in [0.29, 0.717) is 23.1 Å². The van der Waals surface area contributed by atoms with Crippen molar-refractivity contribution in [2.45, 2.75) is 26.3 Å². The van der Waals surface area contributed by atoms with Crippen molar-refractivity contribution < 1.29 is 28.6 Å². The van der Waals surface area contributed by atoms with Crippen molar-refractivity contribution in [1.29, 1.82) is 0 Å². The van der Waals surface area contributed by atoms with E-state index in [2.05, 4.69) is 10.6 Å². The van der Waals surface area contributed by atoms with Crippen LogP contribution < -0.4 is 10.6 Å². The van der Waals surface area contributed by atoms with Crippen LogP contribution in [0, 0.1) is 0 Å². The van der Waals surface area contributed by atoms with Crippen LogP contribution in [0.3, 0.4) is 0 Å². The lowest BCUT2D eigenvalue weighted by molar-refractivity contribution is -0.148. The molecule has 3 N–H and O–H groups in total. The van der Waals surface area contributed by atoms with Gasteiger partial charge < -0.3 is 24.9 Å². The summed E-state index contributed by atoms with van der Waals surface area (Å²) in [5.74, 6) is -1.41. The number of hydrogen-bond acceptors (Lipinski definition) is 6. The van der Waals surface area contributed by atoms with Crippen LogP contribution >= 0.6 is 0 Å². The number of likely N-dealkylation sites (N-methyl/N-ethyl adjacent to an activating group) is 1. The van der Waals surface area contributed by atoms with E-state index in [1.54, 1.807) is 13.0 Å². The van der Waals surface area contributed by atoms with Gasteiger partial charge in [-0.3, -0.25) is 14.4 Å². The first-order valence-electron chi connectivity index (χ1n) is 7.82. The molecule has 1 aromatic heterocycles. The number of nitrogens with one attached hydrogen (secondary N) is 2. The first-order valence-corrected chi connectivity index (χ1v) is 7.82. The largest absolute Gasteiger partial charge is 0.508 e. The van der Waals surface area contributed by atoms with Crippen LogP contribution in [0.1, 0.15) is 19.4 Å². The molecule has 0 aliphatic rings. The second-order valence-electron chi connectivity index (χ2n) is 5.46. The maximum Gasteiger partial charge on any atom is 0.310 e. The molecule has 1 atom stereocenters. The summed E-state index contributed by atoms with van der Waals surface area (Å²) < 4.78 is 10.2. The van der Waals surface area contributed by atoms with Gasteiger partial charge in [0, 0.05) is 23.6 Å². The summed E-state index contributed by atoms with van der Waals surface area (Å²) in [7, 11) is 0. The van der Waals surface area contributed by atoms with E-state index in [9.17, 15) is 19.5 Å². The number of phenols is 1. The summed E-state index contributed by atoms with van der Waals surface area (Å²) in [5.41, 5.74) is 1.05.